The van der Waals surface area contributed by atoms with E-state index in [2.05, 4.69) is 39.3 Å². The van der Waals surface area contributed by atoms with Crippen LogP contribution >= 0.6 is 0 Å². The zero-order valence-electron chi connectivity index (χ0n) is 18.4. The summed E-state index contributed by atoms with van der Waals surface area (Å²) in [6.45, 7) is 25.8. The lowest BCUT2D eigenvalue weighted by molar-refractivity contribution is 0.0314. The summed E-state index contributed by atoms with van der Waals surface area (Å²) in [5.41, 5.74) is 0. The Morgan fingerprint density at radius 3 is 0.960 bits per heavy atom. The molecule has 0 aromatic heterocycles. The van der Waals surface area contributed by atoms with Gasteiger partial charge in [0.05, 0.1) is 0 Å². The van der Waals surface area contributed by atoms with E-state index in [0.29, 0.717) is 13.2 Å². The fraction of sp³-hybridized carbons (Fsp3) is 1.00. The molecule has 0 atom stereocenters. The second-order valence-corrected chi connectivity index (χ2v) is 27.7. The van der Waals surface area contributed by atoms with Gasteiger partial charge >= 0.3 is 26.2 Å². The van der Waals surface area contributed by atoms with Gasteiger partial charge in [-0.1, -0.05) is 0 Å². The third kappa shape index (κ3) is 12.0. The molecular weight excluding hydrogens is 405 g/mol. The molecular formula is C14H40O6Si5. The maximum atomic E-state index is 6.43. The van der Waals surface area contributed by atoms with Gasteiger partial charge < -0.3 is 25.3 Å². The van der Waals surface area contributed by atoms with Crippen LogP contribution in [0.4, 0.5) is 0 Å². The normalized spacial score (nSPS) is 14.9. The second-order valence-electron chi connectivity index (χ2n) is 8.80. The van der Waals surface area contributed by atoms with Crippen LogP contribution in [0.3, 0.4) is 0 Å². The third-order valence-electron chi connectivity index (χ3n) is 2.49. The average molecular weight is 445 g/mol. The Kier molecular flexibility index (Phi) is 9.68. The summed E-state index contributed by atoms with van der Waals surface area (Å²) >= 11 is 0. The van der Waals surface area contributed by atoms with Gasteiger partial charge in [-0.25, -0.2) is 0 Å². The highest BCUT2D eigenvalue weighted by atomic mass is 28.5. The van der Waals surface area contributed by atoms with Gasteiger partial charge in [-0.3, -0.25) is 0 Å². The molecule has 0 amide bonds. The van der Waals surface area contributed by atoms with Gasteiger partial charge in [0, 0.05) is 13.2 Å². The number of hydrogen-bond donors (Lipinski definition) is 0. The molecule has 0 bridgehead atoms. The first-order valence-electron chi connectivity index (χ1n) is 9.03. The largest absolute Gasteiger partial charge is 0.661 e. The monoisotopic (exact) mass is 444 g/mol. The SMILES string of the molecule is CCO[Si](OCC)(O[Si](C)(C)O[Si](C)(C)C)O[Si](C)(C)O[Si](C)(C)C. The van der Waals surface area contributed by atoms with E-state index in [0.717, 1.165) is 0 Å². The molecule has 0 N–H and O–H groups in total. The standard InChI is InChI=1S/C14H40O6Si5/c1-13-15-25(16-14-2,19-23(9,10)17-21(3,4)5)20-24(11,12)18-22(6,7)8/h13-14H2,1-12H3. The average Bonchev–Trinajstić information content (AvgIpc) is 2.19. The highest BCUT2D eigenvalue weighted by molar-refractivity contribution is 6.88. The van der Waals surface area contributed by atoms with Crippen molar-refractivity contribution in [2.75, 3.05) is 13.2 Å². The van der Waals surface area contributed by atoms with E-state index >= 15 is 0 Å². The smallest absolute Gasteiger partial charge is 0.437 e. The van der Waals surface area contributed by atoms with E-state index in [-0.39, 0.29) is 0 Å². The maximum absolute atomic E-state index is 6.43. The molecule has 11 heteroatoms. The molecule has 152 valence electrons. The van der Waals surface area contributed by atoms with Gasteiger partial charge in [-0.15, -0.1) is 0 Å². The van der Waals surface area contributed by atoms with Crippen molar-refractivity contribution in [3.8, 4) is 0 Å². The molecule has 0 heterocycles. The third-order valence-corrected chi connectivity index (χ3v) is 18.5. The van der Waals surface area contributed by atoms with Crippen LogP contribution in [0, 0.1) is 0 Å². The van der Waals surface area contributed by atoms with Crippen molar-refractivity contribution >= 4 is 42.8 Å². The Labute approximate surface area is 160 Å². The van der Waals surface area contributed by atoms with Crippen molar-refractivity contribution in [1.82, 2.24) is 0 Å². The minimum Gasteiger partial charge on any atom is -0.437 e. The minimum atomic E-state index is -3.35. The van der Waals surface area contributed by atoms with Gasteiger partial charge in [0.2, 0.25) is 0 Å². The van der Waals surface area contributed by atoms with Crippen LogP contribution in [-0.2, 0) is 25.3 Å². The van der Waals surface area contributed by atoms with Gasteiger partial charge in [0.25, 0.3) is 0 Å². The van der Waals surface area contributed by atoms with Crippen LogP contribution in [0.2, 0.25) is 65.5 Å². The van der Waals surface area contributed by atoms with E-state index < -0.39 is 42.8 Å². The highest BCUT2D eigenvalue weighted by Crippen LogP contribution is 2.27. The zero-order chi connectivity index (χ0) is 20.2. The Balaban J connectivity index is 5.56. The molecule has 0 fully saturated rings. The van der Waals surface area contributed by atoms with E-state index in [9.17, 15) is 0 Å². The Bertz CT molecular complexity index is 367. The van der Waals surface area contributed by atoms with Crippen LogP contribution in [0.15, 0.2) is 0 Å². The molecule has 0 rings (SSSR count). The van der Waals surface area contributed by atoms with Crippen molar-refractivity contribution in [2.24, 2.45) is 0 Å². The quantitative estimate of drug-likeness (QED) is 0.409. The molecule has 0 saturated carbocycles. The van der Waals surface area contributed by atoms with Crippen molar-refractivity contribution < 1.29 is 25.3 Å². The Morgan fingerprint density at radius 1 is 0.480 bits per heavy atom. The number of rotatable bonds is 12. The fourth-order valence-electron chi connectivity index (χ4n) is 2.65. The van der Waals surface area contributed by atoms with Crippen LogP contribution in [-0.4, -0.2) is 56.0 Å². The highest BCUT2D eigenvalue weighted by Gasteiger charge is 2.55. The summed E-state index contributed by atoms with van der Waals surface area (Å²) in [6.07, 6.45) is 0. The van der Waals surface area contributed by atoms with E-state index in [1.165, 1.54) is 0 Å². The molecule has 0 radical (unpaired) electrons. The summed E-state index contributed by atoms with van der Waals surface area (Å²) in [4.78, 5) is 0. The molecule has 0 unspecified atom stereocenters. The summed E-state index contributed by atoms with van der Waals surface area (Å²) in [5.74, 6) is 0. The molecule has 0 aliphatic rings. The molecule has 0 spiro atoms. The first-order chi connectivity index (χ1) is 10.9. The van der Waals surface area contributed by atoms with E-state index in [4.69, 9.17) is 25.3 Å². The maximum Gasteiger partial charge on any atom is 0.661 e. The topological polar surface area (TPSA) is 55.4 Å². The predicted octanol–water partition coefficient (Wildman–Crippen LogP) is 4.63. The first kappa shape index (κ1) is 25.8. The second kappa shape index (κ2) is 9.36. The van der Waals surface area contributed by atoms with Crippen molar-refractivity contribution in [1.29, 1.82) is 0 Å². The van der Waals surface area contributed by atoms with E-state index in [1.54, 1.807) is 0 Å². The lowest BCUT2D eigenvalue weighted by Crippen LogP contribution is -2.63. The van der Waals surface area contributed by atoms with Crippen LogP contribution in [0.25, 0.3) is 0 Å². The molecule has 0 aromatic carbocycles. The summed E-state index contributed by atoms with van der Waals surface area (Å²) in [7, 11) is -11.8. The zero-order valence-corrected chi connectivity index (χ0v) is 23.4. The van der Waals surface area contributed by atoms with Crippen LogP contribution in [0.1, 0.15) is 13.8 Å². The molecule has 0 aliphatic carbocycles. The summed E-state index contributed by atoms with van der Waals surface area (Å²) < 4.78 is 37.5. The van der Waals surface area contributed by atoms with Gasteiger partial charge in [-0.05, 0) is 79.3 Å². The molecule has 6 nitrogen and oxygen atoms in total. The summed E-state index contributed by atoms with van der Waals surface area (Å²) in [5, 5.41) is 0. The Morgan fingerprint density at radius 2 is 0.760 bits per heavy atom. The molecule has 25 heavy (non-hydrogen) atoms. The van der Waals surface area contributed by atoms with Gasteiger partial charge in [-0.2, -0.15) is 0 Å². The van der Waals surface area contributed by atoms with Crippen molar-refractivity contribution in [3.63, 3.8) is 0 Å². The van der Waals surface area contributed by atoms with Gasteiger partial charge in [0.15, 0.2) is 16.6 Å². The molecule has 0 aromatic rings. The predicted molar refractivity (Wildman–Crippen MR) is 115 cm³/mol. The van der Waals surface area contributed by atoms with Crippen LogP contribution < -0.4 is 0 Å². The Hall–Kier alpha value is 0.844. The first-order valence-corrected chi connectivity index (χ1v) is 23.1. The molecule has 0 saturated heterocycles. The van der Waals surface area contributed by atoms with Crippen LogP contribution in [0.5, 0.6) is 0 Å². The van der Waals surface area contributed by atoms with Crippen molar-refractivity contribution in [2.45, 2.75) is 79.3 Å². The minimum absolute atomic E-state index is 0.459. The molecule has 0 aliphatic heterocycles. The lowest BCUT2D eigenvalue weighted by atomic mass is 10.9. The van der Waals surface area contributed by atoms with E-state index in [1.807, 2.05) is 40.0 Å². The fourth-order valence-corrected chi connectivity index (χ4v) is 22.6. The van der Waals surface area contributed by atoms with Crippen molar-refractivity contribution in [3.05, 3.63) is 0 Å². The lowest BCUT2D eigenvalue weighted by Gasteiger charge is -2.41. The van der Waals surface area contributed by atoms with Gasteiger partial charge in [0.1, 0.15) is 0 Å². The number of hydrogen-bond acceptors (Lipinski definition) is 6. The summed E-state index contributed by atoms with van der Waals surface area (Å²) in [6, 6.07) is 0.